The highest BCUT2D eigenvalue weighted by molar-refractivity contribution is 5.87. The number of aliphatic hydroxyl groups excluding tert-OH is 1. The first-order chi connectivity index (χ1) is 15.2. The lowest BCUT2D eigenvalue weighted by molar-refractivity contribution is -0.159. The molecule has 0 spiro atoms. The van der Waals surface area contributed by atoms with Gasteiger partial charge in [-0.1, -0.05) is 43.2 Å². The number of pyridine rings is 1. The van der Waals surface area contributed by atoms with E-state index in [4.69, 9.17) is 0 Å². The van der Waals surface area contributed by atoms with Crippen LogP contribution < -0.4 is 5.32 Å². The zero-order valence-corrected chi connectivity index (χ0v) is 17.5. The zero-order chi connectivity index (χ0) is 21.4. The molecule has 3 aliphatic rings. The highest BCUT2D eigenvalue weighted by Gasteiger charge is 2.54. The molecule has 1 aliphatic carbocycles. The van der Waals surface area contributed by atoms with Crippen molar-refractivity contribution in [3.05, 3.63) is 54.4 Å². The van der Waals surface area contributed by atoms with Crippen molar-refractivity contribution < 1.29 is 14.7 Å². The Morgan fingerprint density at radius 3 is 2.58 bits per heavy atom. The molecule has 5 rings (SSSR count). The third-order valence-corrected chi connectivity index (χ3v) is 7.01. The second kappa shape index (κ2) is 8.30. The number of piperazine rings is 1. The fraction of sp³-hybridized carbons (Fsp3) is 0.458. The summed E-state index contributed by atoms with van der Waals surface area (Å²) in [5.41, 5.74) is 3.20. The van der Waals surface area contributed by atoms with Gasteiger partial charge in [0.2, 0.25) is 5.91 Å². The predicted molar refractivity (Wildman–Crippen MR) is 116 cm³/mol. The number of nitrogens with zero attached hydrogens (tertiary/aromatic N) is 3. The summed E-state index contributed by atoms with van der Waals surface area (Å²) < 4.78 is 0. The number of fused-ring (bicyclic) bond motifs is 1. The highest BCUT2D eigenvalue weighted by atomic mass is 16.3. The summed E-state index contributed by atoms with van der Waals surface area (Å²) >= 11 is 0. The number of aromatic nitrogens is 1. The summed E-state index contributed by atoms with van der Waals surface area (Å²) in [6.45, 7) is 0.500. The Kier molecular flexibility index (Phi) is 5.36. The summed E-state index contributed by atoms with van der Waals surface area (Å²) in [7, 11) is 0. The lowest BCUT2D eigenvalue weighted by Gasteiger charge is -2.58. The molecule has 1 aromatic heterocycles. The van der Waals surface area contributed by atoms with Gasteiger partial charge < -0.3 is 20.2 Å². The third kappa shape index (κ3) is 3.67. The van der Waals surface area contributed by atoms with Crippen LogP contribution in [0.3, 0.4) is 0 Å². The Hall–Kier alpha value is -2.93. The average Bonchev–Trinajstić information content (AvgIpc) is 3.29. The van der Waals surface area contributed by atoms with E-state index >= 15 is 0 Å². The minimum Gasteiger partial charge on any atom is -0.394 e. The molecule has 0 unspecified atom stereocenters. The van der Waals surface area contributed by atoms with E-state index < -0.39 is 0 Å². The van der Waals surface area contributed by atoms with Crippen molar-refractivity contribution in [2.45, 2.75) is 49.7 Å². The van der Waals surface area contributed by atoms with Crippen molar-refractivity contribution in [2.24, 2.45) is 0 Å². The number of hydrogen-bond donors (Lipinski definition) is 2. The predicted octanol–water partition coefficient (Wildman–Crippen LogP) is 2.37. The molecule has 0 bridgehead atoms. The van der Waals surface area contributed by atoms with Crippen LogP contribution in [-0.2, 0) is 4.79 Å². The fourth-order valence-electron chi connectivity index (χ4n) is 5.42. The van der Waals surface area contributed by atoms with E-state index in [9.17, 15) is 14.7 Å². The topological polar surface area (TPSA) is 85.8 Å². The van der Waals surface area contributed by atoms with Crippen molar-refractivity contribution in [1.82, 2.24) is 20.1 Å². The van der Waals surface area contributed by atoms with E-state index in [0.29, 0.717) is 6.54 Å². The Morgan fingerprint density at radius 1 is 1.13 bits per heavy atom. The molecular formula is C24H28N4O3. The molecular weight excluding hydrogens is 392 g/mol. The van der Waals surface area contributed by atoms with E-state index in [1.165, 1.54) is 0 Å². The van der Waals surface area contributed by atoms with Crippen molar-refractivity contribution in [1.29, 1.82) is 0 Å². The van der Waals surface area contributed by atoms with Crippen LogP contribution in [0.4, 0.5) is 4.79 Å². The van der Waals surface area contributed by atoms with Gasteiger partial charge in [0.15, 0.2) is 0 Å². The molecule has 7 heteroatoms. The fourth-order valence-corrected chi connectivity index (χ4v) is 5.42. The van der Waals surface area contributed by atoms with Gasteiger partial charge in [0.05, 0.1) is 18.7 Å². The molecule has 3 atom stereocenters. The number of amides is 3. The first-order valence-corrected chi connectivity index (χ1v) is 11.1. The number of carbonyl (C=O) groups is 2. The SMILES string of the molecule is O=C(NC1CCCC1)N1CC(=O)N2[C@@H](CO)[C@@H](c3ccc(-c4cccnc4)cc3)[C@@H]2C1. The molecule has 31 heavy (non-hydrogen) atoms. The van der Waals surface area contributed by atoms with Crippen molar-refractivity contribution in [3.63, 3.8) is 0 Å². The number of rotatable bonds is 4. The van der Waals surface area contributed by atoms with Gasteiger partial charge in [-0.2, -0.15) is 0 Å². The summed E-state index contributed by atoms with van der Waals surface area (Å²) in [6, 6.07) is 11.9. The van der Waals surface area contributed by atoms with Crippen molar-refractivity contribution >= 4 is 11.9 Å². The molecule has 3 amide bonds. The summed E-state index contributed by atoms with van der Waals surface area (Å²) in [4.78, 5) is 33.1. The van der Waals surface area contributed by atoms with Gasteiger partial charge in [0.25, 0.3) is 0 Å². The van der Waals surface area contributed by atoms with Crippen LogP contribution in [0.25, 0.3) is 11.1 Å². The van der Waals surface area contributed by atoms with Crippen molar-refractivity contribution in [3.8, 4) is 11.1 Å². The van der Waals surface area contributed by atoms with E-state index in [0.717, 1.165) is 42.4 Å². The maximum atomic E-state index is 12.8. The monoisotopic (exact) mass is 420 g/mol. The molecule has 2 N–H and O–H groups in total. The zero-order valence-electron chi connectivity index (χ0n) is 17.5. The smallest absolute Gasteiger partial charge is 0.318 e. The largest absolute Gasteiger partial charge is 0.394 e. The van der Waals surface area contributed by atoms with Gasteiger partial charge in [-0.05, 0) is 35.6 Å². The van der Waals surface area contributed by atoms with E-state index in [1.807, 2.05) is 18.3 Å². The van der Waals surface area contributed by atoms with E-state index in [2.05, 4.69) is 34.6 Å². The average molecular weight is 421 g/mol. The first kappa shape index (κ1) is 20.0. The maximum absolute atomic E-state index is 12.8. The Morgan fingerprint density at radius 2 is 1.90 bits per heavy atom. The summed E-state index contributed by atoms with van der Waals surface area (Å²) in [6.07, 6.45) is 7.91. The van der Waals surface area contributed by atoms with Crippen molar-refractivity contribution in [2.75, 3.05) is 19.7 Å². The standard InChI is InChI=1S/C24H28N4O3/c29-15-21-23(17-9-7-16(8-10-17)18-4-3-11-25-12-18)20-13-27(14-22(30)28(20)21)24(31)26-19-5-1-2-6-19/h3-4,7-12,19-21,23,29H,1-2,5-6,13-15H2,(H,26,31)/t20-,21-,23-/m0/s1. The van der Waals surface area contributed by atoms with Crippen LogP contribution >= 0.6 is 0 Å². The Balaban J connectivity index is 1.33. The number of aliphatic hydroxyl groups is 1. The van der Waals surface area contributed by atoms with Crippen LogP contribution in [0.2, 0.25) is 0 Å². The van der Waals surface area contributed by atoms with Crippen LogP contribution in [0.1, 0.15) is 37.2 Å². The maximum Gasteiger partial charge on any atom is 0.318 e. The van der Waals surface area contributed by atoms with Gasteiger partial charge in [0, 0.05) is 30.9 Å². The van der Waals surface area contributed by atoms with Crippen LogP contribution in [-0.4, -0.2) is 69.7 Å². The van der Waals surface area contributed by atoms with Gasteiger partial charge in [-0.15, -0.1) is 0 Å². The van der Waals surface area contributed by atoms with Crippen LogP contribution in [0.15, 0.2) is 48.8 Å². The number of hydrogen-bond acceptors (Lipinski definition) is 4. The molecule has 3 fully saturated rings. The molecule has 2 saturated heterocycles. The van der Waals surface area contributed by atoms with Crippen LogP contribution in [0, 0.1) is 0 Å². The van der Waals surface area contributed by atoms with E-state index in [-0.39, 0.29) is 49.1 Å². The molecule has 162 valence electrons. The van der Waals surface area contributed by atoms with Gasteiger partial charge in [-0.25, -0.2) is 4.79 Å². The minimum atomic E-state index is -0.234. The Labute approximate surface area is 182 Å². The summed E-state index contributed by atoms with van der Waals surface area (Å²) in [5, 5.41) is 13.1. The normalized spacial score (nSPS) is 25.8. The lowest BCUT2D eigenvalue weighted by Crippen LogP contribution is -2.74. The minimum absolute atomic E-state index is 0.0129. The van der Waals surface area contributed by atoms with Gasteiger partial charge in [-0.3, -0.25) is 9.78 Å². The molecule has 0 radical (unpaired) electrons. The number of urea groups is 1. The van der Waals surface area contributed by atoms with Gasteiger partial charge >= 0.3 is 6.03 Å². The molecule has 2 aromatic rings. The van der Waals surface area contributed by atoms with Gasteiger partial charge in [0.1, 0.15) is 6.54 Å². The number of nitrogens with one attached hydrogen (secondary N) is 1. The molecule has 3 heterocycles. The second-order valence-corrected chi connectivity index (χ2v) is 8.82. The highest BCUT2D eigenvalue weighted by Crippen LogP contribution is 2.43. The summed E-state index contributed by atoms with van der Waals surface area (Å²) in [5.74, 6) is -0.0703. The molecule has 7 nitrogen and oxygen atoms in total. The first-order valence-electron chi connectivity index (χ1n) is 11.1. The third-order valence-electron chi connectivity index (χ3n) is 7.01. The van der Waals surface area contributed by atoms with E-state index in [1.54, 1.807) is 16.0 Å². The second-order valence-electron chi connectivity index (χ2n) is 8.82. The Bertz CT molecular complexity index is 943. The quantitative estimate of drug-likeness (QED) is 0.795. The molecule has 1 saturated carbocycles. The number of carbonyl (C=O) groups excluding carboxylic acids is 2. The molecule has 2 aliphatic heterocycles. The number of benzene rings is 1. The molecule has 1 aromatic carbocycles. The van der Waals surface area contributed by atoms with Crippen LogP contribution in [0.5, 0.6) is 0 Å². The lowest BCUT2D eigenvalue weighted by atomic mass is 9.73.